The van der Waals surface area contributed by atoms with Crippen molar-refractivity contribution >= 4 is 17.5 Å². The molecule has 0 spiro atoms. The normalized spacial score (nSPS) is 11.1. The monoisotopic (exact) mass is 365 g/mol. The van der Waals surface area contributed by atoms with Gasteiger partial charge in [0, 0.05) is 29.0 Å². The molecule has 0 aliphatic carbocycles. The molecule has 0 saturated carbocycles. The zero-order valence-electron chi connectivity index (χ0n) is 14.7. The van der Waals surface area contributed by atoms with Gasteiger partial charge in [-0.05, 0) is 62.4 Å². The zero-order valence-corrected chi connectivity index (χ0v) is 14.7. The topological polar surface area (TPSA) is 78.0 Å². The van der Waals surface area contributed by atoms with E-state index in [9.17, 15) is 19.3 Å². The van der Waals surface area contributed by atoms with Crippen LogP contribution in [-0.2, 0) is 0 Å². The van der Waals surface area contributed by atoms with Crippen LogP contribution in [0.1, 0.15) is 27.3 Å². The Balaban J connectivity index is 1.85. The molecule has 0 radical (unpaired) electrons. The number of benzene rings is 2. The van der Waals surface area contributed by atoms with Gasteiger partial charge in [0.1, 0.15) is 5.82 Å². The van der Waals surface area contributed by atoms with Gasteiger partial charge in [-0.25, -0.2) is 9.07 Å². The van der Waals surface area contributed by atoms with Crippen molar-refractivity contribution in [1.82, 2.24) is 9.78 Å². The molecule has 0 aliphatic heterocycles. The lowest BCUT2D eigenvalue weighted by atomic mass is 10.1. The number of halogens is 1. The maximum absolute atomic E-state index is 13.1. The van der Waals surface area contributed by atoms with Gasteiger partial charge in [-0.3, -0.25) is 14.9 Å². The molecule has 7 heteroatoms. The van der Waals surface area contributed by atoms with E-state index in [-0.39, 0.29) is 17.3 Å². The fraction of sp³-hybridized carbons (Fsp3) is 0.100. The number of rotatable bonds is 5. The lowest BCUT2D eigenvalue weighted by molar-refractivity contribution is -0.384. The Bertz CT molecular complexity index is 1040. The molecule has 6 nitrogen and oxygen atoms in total. The highest BCUT2D eigenvalue weighted by Crippen LogP contribution is 2.20. The summed E-state index contributed by atoms with van der Waals surface area (Å²) in [5.41, 5.74) is 3.34. The van der Waals surface area contributed by atoms with Gasteiger partial charge in [-0.1, -0.05) is 0 Å². The van der Waals surface area contributed by atoms with Gasteiger partial charge in [-0.15, -0.1) is 0 Å². The Kier molecular flexibility index (Phi) is 4.94. The molecule has 0 bridgehead atoms. The first-order chi connectivity index (χ1) is 12.9. The molecule has 1 heterocycles. The van der Waals surface area contributed by atoms with Crippen LogP contribution in [0.5, 0.6) is 0 Å². The van der Waals surface area contributed by atoms with Crippen LogP contribution in [0.2, 0.25) is 0 Å². The molecule has 27 heavy (non-hydrogen) atoms. The predicted molar refractivity (Wildman–Crippen MR) is 99.5 cm³/mol. The van der Waals surface area contributed by atoms with Crippen LogP contribution < -0.4 is 0 Å². The molecule has 0 saturated heterocycles. The van der Waals surface area contributed by atoms with Gasteiger partial charge in [0.05, 0.1) is 16.3 Å². The highest BCUT2D eigenvalue weighted by atomic mass is 19.1. The maximum atomic E-state index is 13.1. The van der Waals surface area contributed by atoms with Crippen molar-refractivity contribution in [3.8, 4) is 5.69 Å². The van der Waals surface area contributed by atoms with Crippen molar-refractivity contribution in [1.29, 1.82) is 0 Å². The lowest BCUT2D eigenvalue weighted by Gasteiger charge is -2.04. The Morgan fingerprint density at radius 1 is 1.11 bits per heavy atom. The molecule has 0 atom stereocenters. The van der Waals surface area contributed by atoms with E-state index in [2.05, 4.69) is 5.10 Å². The summed E-state index contributed by atoms with van der Waals surface area (Å²) in [7, 11) is 0. The Labute approximate surface area is 154 Å². The first-order valence-corrected chi connectivity index (χ1v) is 8.16. The number of non-ortho nitro benzene ring substituents is 1. The lowest BCUT2D eigenvalue weighted by Crippen LogP contribution is -1.99. The van der Waals surface area contributed by atoms with E-state index in [1.54, 1.807) is 22.9 Å². The number of aryl methyl sites for hydroxylation is 1. The standard InChI is InChI=1S/C20H16FN3O3/c1-13-19(14(2)23(22-13)17-9-5-16(21)6-10-17)11-12-20(25)15-3-7-18(8-4-15)24(26)27/h3-12H,1-2H3/b12-11+. The van der Waals surface area contributed by atoms with Gasteiger partial charge >= 0.3 is 0 Å². The van der Waals surface area contributed by atoms with Crippen LogP contribution in [0.25, 0.3) is 11.8 Å². The van der Waals surface area contributed by atoms with Gasteiger partial charge in [0.15, 0.2) is 5.78 Å². The van der Waals surface area contributed by atoms with E-state index < -0.39 is 4.92 Å². The van der Waals surface area contributed by atoms with Gasteiger partial charge in [0.2, 0.25) is 0 Å². The summed E-state index contributed by atoms with van der Waals surface area (Å²) in [6.07, 6.45) is 3.08. The molecule has 136 valence electrons. The molecule has 2 aromatic carbocycles. The first-order valence-electron chi connectivity index (χ1n) is 8.16. The van der Waals surface area contributed by atoms with E-state index in [0.29, 0.717) is 5.56 Å². The number of nitro groups is 1. The molecule has 0 amide bonds. The van der Waals surface area contributed by atoms with Crippen molar-refractivity contribution in [3.05, 3.63) is 93.1 Å². The van der Waals surface area contributed by atoms with Gasteiger partial charge in [0.25, 0.3) is 5.69 Å². The summed E-state index contributed by atoms with van der Waals surface area (Å²) in [5, 5.41) is 15.1. The van der Waals surface area contributed by atoms with E-state index in [1.165, 1.54) is 42.5 Å². The molecule has 3 aromatic rings. The smallest absolute Gasteiger partial charge is 0.269 e. The van der Waals surface area contributed by atoms with Crippen molar-refractivity contribution < 1.29 is 14.1 Å². The van der Waals surface area contributed by atoms with Crippen molar-refractivity contribution in [3.63, 3.8) is 0 Å². The Morgan fingerprint density at radius 2 is 1.74 bits per heavy atom. The quantitative estimate of drug-likeness (QED) is 0.290. The third kappa shape index (κ3) is 3.82. The summed E-state index contributed by atoms with van der Waals surface area (Å²) in [4.78, 5) is 22.5. The number of carbonyl (C=O) groups excluding carboxylic acids is 1. The van der Waals surface area contributed by atoms with Crippen LogP contribution in [0.4, 0.5) is 10.1 Å². The van der Waals surface area contributed by atoms with Crippen LogP contribution >= 0.6 is 0 Å². The molecular weight excluding hydrogens is 349 g/mol. The molecular formula is C20H16FN3O3. The minimum Gasteiger partial charge on any atom is -0.289 e. The minimum atomic E-state index is -0.513. The second-order valence-electron chi connectivity index (χ2n) is 5.97. The number of hydrogen-bond acceptors (Lipinski definition) is 4. The molecule has 1 aromatic heterocycles. The molecule has 0 aliphatic rings. The Morgan fingerprint density at radius 3 is 2.33 bits per heavy atom. The van der Waals surface area contributed by atoms with Gasteiger partial charge < -0.3 is 0 Å². The number of ketones is 1. The van der Waals surface area contributed by atoms with E-state index in [1.807, 2.05) is 13.8 Å². The van der Waals surface area contributed by atoms with Crippen LogP contribution in [-0.4, -0.2) is 20.5 Å². The van der Waals surface area contributed by atoms with E-state index in [0.717, 1.165) is 22.6 Å². The summed E-state index contributed by atoms with van der Waals surface area (Å²) >= 11 is 0. The fourth-order valence-electron chi connectivity index (χ4n) is 2.73. The van der Waals surface area contributed by atoms with E-state index >= 15 is 0 Å². The summed E-state index contributed by atoms with van der Waals surface area (Å²) in [6.45, 7) is 3.68. The summed E-state index contributed by atoms with van der Waals surface area (Å²) < 4.78 is 14.8. The number of carbonyl (C=O) groups is 1. The highest BCUT2D eigenvalue weighted by Gasteiger charge is 2.12. The number of hydrogen-bond donors (Lipinski definition) is 0. The van der Waals surface area contributed by atoms with Crippen LogP contribution in [0.15, 0.2) is 54.6 Å². The molecule has 0 N–H and O–H groups in total. The van der Waals surface area contributed by atoms with Crippen molar-refractivity contribution in [2.45, 2.75) is 13.8 Å². The van der Waals surface area contributed by atoms with Gasteiger partial charge in [-0.2, -0.15) is 5.10 Å². The average Bonchev–Trinajstić information content (AvgIpc) is 2.94. The molecule has 3 rings (SSSR count). The Hall–Kier alpha value is -3.61. The first kappa shape index (κ1) is 18.2. The number of allylic oxidation sites excluding steroid dienone is 1. The summed E-state index contributed by atoms with van der Waals surface area (Å²) in [5.74, 6) is -0.590. The van der Waals surface area contributed by atoms with E-state index in [4.69, 9.17) is 0 Å². The SMILES string of the molecule is Cc1nn(-c2ccc(F)cc2)c(C)c1/C=C/C(=O)c1ccc([N+](=O)[O-])cc1. The second-order valence-corrected chi connectivity index (χ2v) is 5.97. The maximum Gasteiger partial charge on any atom is 0.269 e. The fourth-order valence-corrected chi connectivity index (χ4v) is 2.73. The van der Waals surface area contributed by atoms with Crippen molar-refractivity contribution in [2.24, 2.45) is 0 Å². The molecule has 0 unspecified atom stereocenters. The zero-order chi connectivity index (χ0) is 19.6. The third-order valence-electron chi connectivity index (χ3n) is 4.18. The average molecular weight is 365 g/mol. The van der Waals surface area contributed by atoms with Crippen LogP contribution in [0.3, 0.4) is 0 Å². The highest BCUT2D eigenvalue weighted by molar-refractivity contribution is 6.07. The van der Waals surface area contributed by atoms with Crippen molar-refractivity contribution in [2.75, 3.05) is 0 Å². The third-order valence-corrected chi connectivity index (χ3v) is 4.18. The minimum absolute atomic E-state index is 0.0669. The predicted octanol–water partition coefficient (Wildman–Crippen LogP) is 4.43. The summed E-state index contributed by atoms with van der Waals surface area (Å²) in [6, 6.07) is 11.4. The number of nitrogens with zero attached hydrogens (tertiary/aromatic N) is 3. The number of nitro benzene ring substituents is 1. The largest absolute Gasteiger partial charge is 0.289 e. The second kappa shape index (κ2) is 7.33. The molecule has 0 fully saturated rings. The number of aromatic nitrogens is 2. The van der Waals surface area contributed by atoms with Crippen LogP contribution in [0, 0.1) is 29.8 Å².